The minimum absolute atomic E-state index is 0.575. The van der Waals surface area contributed by atoms with Gasteiger partial charge in [-0.25, -0.2) is 4.39 Å². The van der Waals surface area contributed by atoms with Crippen molar-refractivity contribution in [3.8, 4) is 0 Å². The summed E-state index contributed by atoms with van der Waals surface area (Å²) in [4.78, 5) is 4.74. The highest BCUT2D eigenvalue weighted by atomic mass is 19.1. The Morgan fingerprint density at radius 2 is 1.70 bits per heavy atom. The Morgan fingerprint density at radius 1 is 1.10 bits per heavy atom. The Morgan fingerprint density at radius 3 is 2.20 bits per heavy atom. The van der Waals surface area contributed by atoms with E-state index in [0.717, 1.165) is 38.4 Å². The Bertz CT molecular complexity index is 399. The van der Waals surface area contributed by atoms with Crippen LogP contribution in [0.1, 0.15) is 25.6 Å². The fraction of sp³-hybridized carbons (Fsp3) is 0.625. The first-order chi connectivity index (χ1) is 9.65. The third kappa shape index (κ3) is 3.48. The number of rotatable bonds is 5. The predicted octanol–water partition coefficient (Wildman–Crippen LogP) is 3.44. The van der Waals surface area contributed by atoms with E-state index in [1.165, 1.54) is 0 Å². The van der Waals surface area contributed by atoms with Gasteiger partial charge in [0.1, 0.15) is 6.17 Å². The van der Waals surface area contributed by atoms with E-state index in [0.29, 0.717) is 5.56 Å². The highest BCUT2D eigenvalue weighted by Gasteiger charge is 2.19. The van der Waals surface area contributed by atoms with Gasteiger partial charge in [0.05, 0.1) is 6.67 Å². The molecule has 4 heteroatoms. The average molecular weight is 282 g/mol. The van der Waals surface area contributed by atoms with Crippen molar-refractivity contribution in [2.45, 2.75) is 20.0 Å². The molecule has 1 aromatic rings. The summed E-state index contributed by atoms with van der Waals surface area (Å²) in [6.45, 7) is 8.41. The molecule has 0 aromatic heterocycles. The quantitative estimate of drug-likeness (QED) is 0.816. The van der Waals surface area contributed by atoms with Crippen LogP contribution in [0.25, 0.3) is 0 Å². The summed E-state index contributed by atoms with van der Waals surface area (Å²) in [5.74, 6) is -0.575. The molecule has 0 amide bonds. The maximum atomic E-state index is 13.9. The lowest BCUT2D eigenvalue weighted by Gasteiger charge is -2.35. The lowest BCUT2D eigenvalue weighted by Crippen LogP contribution is -2.46. The lowest BCUT2D eigenvalue weighted by atomic mass is 9.99. The minimum atomic E-state index is -1.22. The SMILES string of the molecule is CCN1CCN(c2ccc(C(F)C(C)CF)cc2)CC1. The van der Waals surface area contributed by atoms with Crippen molar-refractivity contribution in [1.29, 1.82) is 0 Å². The minimum Gasteiger partial charge on any atom is -0.369 e. The highest BCUT2D eigenvalue weighted by molar-refractivity contribution is 5.48. The summed E-state index contributed by atoms with van der Waals surface area (Å²) in [5, 5.41) is 0. The maximum Gasteiger partial charge on any atom is 0.130 e. The van der Waals surface area contributed by atoms with Crippen molar-refractivity contribution >= 4 is 5.69 Å². The summed E-state index contributed by atoms with van der Waals surface area (Å²) in [6.07, 6.45) is -1.22. The van der Waals surface area contributed by atoms with Gasteiger partial charge in [-0.1, -0.05) is 26.0 Å². The Hall–Kier alpha value is -1.16. The lowest BCUT2D eigenvalue weighted by molar-refractivity contribution is 0.208. The summed E-state index contributed by atoms with van der Waals surface area (Å²) in [6, 6.07) is 7.49. The standard InChI is InChI=1S/C16H24F2N2/c1-3-19-8-10-20(11-9-19)15-6-4-14(5-7-15)16(18)13(2)12-17/h4-7,13,16H,3,8-12H2,1-2H3. The number of halogens is 2. The molecule has 1 aromatic carbocycles. The molecule has 1 aliphatic heterocycles. The van der Waals surface area contributed by atoms with Gasteiger partial charge in [-0.05, 0) is 24.2 Å². The van der Waals surface area contributed by atoms with Gasteiger partial charge >= 0.3 is 0 Å². The normalized spacial score (nSPS) is 19.9. The Balaban J connectivity index is 1.98. The van der Waals surface area contributed by atoms with Crippen LogP contribution in [0.4, 0.5) is 14.5 Å². The summed E-state index contributed by atoms with van der Waals surface area (Å²) < 4.78 is 26.4. The van der Waals surface area contributed by atoms with E-state index in [1.807, 2.05) is 12.1 Å². The molecule has 1 heterocycles. The van der Waals surface area contributed by atoms with Crippen LogP contribution in [-0.4, -0.2) is 44.3 Å². The van der Waals surface area contributed by atoms with Gasteiger partial charge in [0, 0.05) is 37.8 Å². The molecule has 1 saturated heterocycles. The van der Waals surface area contributed by atoms with Crippen molar-refractivity contribution in [1.82, 2.24) is 4.90 Å². The number of hydrogen-bond donors (Lipinski definition) is 0. The first kappa shape index (κ1) is 15.2. The zero-order valence-electron chi connectivity index (χ0n) is 12.4. The molecular formula is C16H24F2N2. The molecule has 2 nitrogen and oxygen atoms in total. The molecule has 112 valence electrons. The molecule has 0 aliphatic carbocycles. The van der Waals surface area contributed by atoms with E-state index < -0.39 is 18.8 Å². The topological polar surface area (TPSA) is 6.48 Å². The molecule has 1 aliphatic rings. The molecule has 2 rings (SSSR count). The first-order valence-corrected chi connectivity index (χ1v) is 7.43. The zero-order valence-corrected chi connectivity index (χ0v) is 12.4. The summed E-state index contributed by atoms with van der Waals surface area (Å²) >= 11 is 0. The molecule has 2 atom stereocenters. The second-order valence-corrected chi connectivity index (χ2v) is 5.55. The van der Waals surface area contributed by atoms with E-state index >= 15 is 0 Å². The van der Waals surface area contributed by atoms with Crippen LogP contribution in [0.15, 0.2) is 24.3 Å². The fourth-order valence-electron chi connectivity index (χ4n) is 2.60. The van der Waals surface area contributed by atoms with Gasteiger partial charge in [-0.15, -0.1) is 0 Å². The first-order valence-electron chi connectivity index (χ1n) is 7.43. The van der Waals surface area contributed by atoms with Crippen molar-refractivity contribution in [3.63, 3.8) is 0 Å². The second-order valence-electron chi connectivity index (χ2n) is 5.55. The smallest absolute Gasteiger partial charge is 0.130 e. The van der Waals surface area contributed by atoms with Crippen LogP contribution in [0, 0.1) is 5.92 Å². The predicted molar refractivity (Wildman–Crippen MR) is 79.8 cm³/mol. The summed E-state index contributed by atoms with van der Waals surface area (Å²) in [7, 11) is 0. The van der Waals surface area contributed by atoms with Gasteiger partial charge in [-0.3, -0.25) is 4.39 Å². The van der Waals surface area contributed by atoms with Crippen LogP contribution < -0.4 is 4.90 Å². The maximum absolute atomic E-state index is 13.9. The molecule has 0 radical (unpaired) electrons. The van der Waals surface area contributed by atoms with Gasteiger partial charge in [0.2, 0.25) is 0 Å². The van der Waals surface area contributed by atoms with Crippen LogP contribution in [0.3, 0.4) is 0 Å². The average Bonchev–Trinajstić information content (AvgIpc) is 2.53. The molecular weight excluding hydrogens is 258 g/mol. The molecule has 0 spiro atoms. The van der Waals surface area contributed by atoms with Crippen molar-refractivity contribution in [3.05, 3.63) is 29.8 Å². The van der Waals surface area contributed by atoms with Crippen LogP contribution in [0.5, 0.6) is 0 Å². The van der Waals surface area contributed by atoms with Crippen LogP contribution in [-0.2, 0) is 0 Å². The van der Waals surface area contributed by atoms with Gasteiger partial charge in [0.25, 0.3) is 0 Å². The number of benzene rings is 1. The monoisotopic (exact) mass is 282 g/mol. The van der Waals surface area contributed by atoms with Crippen LogP contribution >= 0.6 is 0 Å². The highest BCUT2D eigenvalue weighted by Crippen LogP contribution is 2.28. The number of alkyl halides is 2. The van der Waals surface area contributed by atoms with E-state index in [9.17, 15) is 8.78 Å². The van der Waals surface area contributed by atoms with E-state index in [1.54, 1.807) is 19.1 Å². The van der Waals surface area contributed by atoms with Crippen molar-refractivity contribution in [2.24, 2.45) is 5.92 Å². The zero-order chi connectivity index (χ0) is 14.5. The largest absolute Gasteiger partial charge is 0.369 e. The molecule has 0 N–H and O–H groups in total. The summed E-state index contributed by atoms with van der Waals surface area (Å²) in [5.41, 5.74) is 1.70. The molecule has 0 bridgehead atoms. The van der Waals surface area contributed by atoms with Crippen molar-refractivity contribution < 1.29 is 8.78 Å². The van der Waals surface area contributed by atoms with E-state index in [-0.39, 0.29) is 0 Å². The number of anilines is 1. The van der Waals surface area contributed by atoms with E-state index in [4.69, 9.17) is 0 Å². The molecule has 0 saturated carbocycles. The van der Waals surface area contributed by atoms with Crippen molar-refractivity contribution in [2.75, 3.05) is 44.3 Å². The van der Waals surface area contributed by atoms with Gasteiger partial charge in [-0.2, -0.15) is 0 Å². The number of hydrogen-bond acceptors (Lipinski definition) is 2. The second kappa shape index (κ2) is 7.02. The molecule has 20 heavy (non-hydrogen) atoms. The Labute approximate surface area is 120 Å². The Kier molecular flexibility index (Phi) is 5.35. The van der Waals surface area contributed by atoms with E-state index in [2.05, 4.69) is 16.7 Å². The fourth-order valence-corrected chi connectivity index (χ4v) is 2.60. The number of likely N-dealkylation sites (N-methyl/N-ethyl adjacent to an activating group) is 1. The third-order valence-corrected chi connectivity index (χ3v) is 4.14. The molecule has 1 fully saturated rings. The number of piperazine rings is 1. The van der Waals surface area contributed by atoms with Gasteiger partial charge < -0.3 is 9.80 Å². The van der Waals surface area contributed by atoms with Gasteiger partial charge in [0.15, 0.2) is 0 Å². The van der Waals surface area contributed by atoms with Crippen LogP contribution in [0.2, 0.25) is 0 Å². The molecule has 2 unspecified atom stereocenters. The third-order valence-electron chi connectivity index (χ3n) is 4.14. The number of nitrogens with zero attached hydrogens (tertiary/aromatic N) is 2.